The van der Waals surface area contributed by atoms with Crippen LogP contribution in [0.1, 0.15) is 11.1 Å². The van der Waals surface area contributed by atoms with Gasteiger partial charge in [0.1, 0.15) is 11.9 Å². The molecule has 0 aliphatic heterocycles. The molecule has 0 amide bonds. The maximum Gasteiger partial charge on any atom is 0.141 e. The highest BCUT2D eigenvalue weighted by atomic mass is 19.1. The summed E-state index contributed by atoms with van der Waals surface area (Å²) in [7, 11) is 0. The smallest absolute Gasteiger partial charge is 0.141 e. The second-order valence-corrected chi connectivity index (χ2v) is 4.67. The SMILES string of the molecule is N#Cc1cc(NCc2cccc3cnccc23)ccc1F. The summed E-state index contributed by atoms with van der Waals surface area (Å²) in [6, 6.07) is 14.3. The van der Waals surface area contributed by atoms with Gasteiger partial charge in [-0.15, -0.1) is 0 Å². The molecule has 2 aromatic carbocycles. The molecule has 1 N–H and O–H groups in total. The molecule has 21 heavy (non-hydrogen) atoms. The number of nitrogens with zero attached hydrogens (tertiary/aromatic N) is 2. The third kappa shape index (κ3) is 2.67. The van der Waals surface area contributed by atoms with E-state index in [9.17, 15) is 4.39 Å². The minimum Gasteiger partial charge on any atom is -0.381 e. The first-order chi connectivity index (χ1) is 10.3. The van der Waals surface area contributed by atoms with Gasteiger partial charge in [0, 0.05) is 30.0 Å². The van der Waals surface area contributed by atoms with Crippen molar-refractivity contribution in [3.8, 4) is 6.07 Å². The zero-order valence-electron chi connectivity index (χ0n) is 11.2. The average Bonchev–Trinajstić information content (AvgIpc) is 2.54. The average molecular weight is 277 g/mol. The van der Waals surface area contributed by atoms with Gasteiger partial charge in [0.2, 0.25) is 0 Å². The Morgan fingerprint density at radius 3 is 2.95 bits per heavy atom. The molecule has 1 heterocycles. The predicted molar refractivity (Wildman–Crippen MR) is 80.2 cm³/mol. The summed E-state index contributed by atoms with van der Waals surface area (Å²) < 4.78 is 13.3. The number of halogens is 1. The zero-order chi connectivity index (χ0) is 14.7. The second-order valence-electron chi connectivity index (χ2n) is 4.67. The minimum absolute atomic E-state index is 0.0436. The maximum absolute atomic E-state index is 13.3. The molecule has 4 heteroatoms. The van der Waals surface area contributed by atoms with Crippen molar-refractivity contribution in [1.82, 2.24) is 4.98 Å². The van der Waals surface area contributed by atoms with Gasteiger partial charge in [-0.05, 0) is 35.2 Å². The van der Waals surface area contributed by atoms with Crippen LogP contribution in [0.15, 0.2) is 54.9 Å². The monoisotopic (exact) mass is 277 g/mol. The van der Waals surface area contributed by atoms with Crippen LogP contribution in [0, 0.1) is 17.1 Å². The number of hydrogen-bond acceptors (Lipinski definition) is 3. The normalized spacial score (nSPS) is 10.3. The molecule has 3 aromatic rings. The molecule has 0 saturated heterocycles. The van der Waals surface area contributed by atoms with Gasteiger partial charge in [0.05, 0.1) is 5.56 Å². The lowest BCUT2D eigenvalue weighted by Gasteiger charge is -2.09. The largest absolute Gasteiger partial charge is 0.381 e. The van der Waals surface area contributed by atoms with Crippen molar-refractivity contribution in [3.63, 3.8) is 0 Å². The zero-order valence-corrected chi connectivity index (χ0v) is 11.2. The van der Waals surface area contributed by atoms with Crippen LogP contribution >= 0.6 is 0 Å². The quantitative estimate of drug-likeness (QED) is 0.791. The summed E-state index contributed by atoms with van der Waals surface area (Å²) in [4.78, 5) is 4.11. The van der Waals surface area contributed by atoms with Gasteiger partial charge in [0.25, 0.3) is 0 Å². The summed E-state index contributed by atoms with van der Waals surface area (Å²) in [6.45, 7) is 0.595. The van der Waals surface area contributed by atoms with Crippen LogP contribution < -0.4 is 5.32 Å². The summed E-state index contributed by atoms with van der Waals surface area (Å²) in [5.74, 6) is -0.501. The van der Waals surface area contributed by atoms with Crippen LogP contribution in [-0.4, -0.2) is 4.98 Å². The number of fused-ring (bicyclic) bond motifs is 1. The Hall–Kier alpha value is -2.93. The van der Waals surface area contributed by atoms with Gasteiger partial charge in [-0.2, -0.15) is 5.26 Å². The van der Waals surface area contributed by atoms with Crippen LogP contribution in [0.5, 0.6) is 0 Å². The van der Waals surface area contributed by atoms with E-state index < -0.39 is 5.82 Å². The molecule has 0 unspecified atom stereocenters. The van der Waals surface area contributed by atoms with E-state index in [2.05, 4.69) is 10.3 Å². The number of aromatic nitrogens is 1. The van der Waals surface area contributed by atoms with Crippen molar-refractivity contribution in [2.45, 2.75) is 6.54 Å². The summed E-state index contributed by atoms with van der Waals surface area (Å²) in [6.07, 6.45) is 3.59. The topological polar surface area (TPSA) is 48.7 Å². The lowest BCUT2D eigenvalue weighted by molar-refractivity contribution is 0.624. The summed E-state index contributed by atoms with van der Waals surface area (Å²) in [5, 5.41) is 14.3. The molecule has 0 saturated carbocycles. The molecule has 0 radical (unpaired) electrons. The first-order valence-electron chi connectivity index (χ1n) is 6.53. The molecule has 0 atom stereocenters. The molecule has 0 spiro atoms. The number of anilines is 1. The molecule has 1 aromatic heterocycles. The molecule has 3 nitrogen and oxygen atoms in total. The third-order valence-corrected chi connectivity index (χ3v) is 3.34. The Kier molecular flexibility index (Phi) is 3.48. The number of benzene rings is 2. The molecule has 0 aliphatic rings. The van der Waals surface area contributed by atoms with Crippen molar-refractivity contribution < 1.29 is 4.39 Å². The Bertz CT molecular complexity index is 832. The van der Waals surface area contributed by atoms with Crippen LogP contribution in [0.25, 0.3) is 10.8 Å². The first-order valence-corrected chi connectivity index (χ1v) is 6.53. The second kappa shape index (κ2) is 5.59. The predicted octanol–water partition coefficient (Wildman–Crippen LogP) is 3.86. The number of hydrogen-bond donors (Lipinski definition) is 1. The van der Waals surface area contributed by atoms with Gasteiger partial charge in [-0.1, -0.05) is 18.2 Å². The Balaban J connectivity index is 1.86. The van der Waals surface area contributed by atoms with Gasteiger partial charge in [-0.25, -0.2) is 4.39 Å². The number of rotatable bonds is 3. The first kappa shape index (κ1) is 13.1. The van der Waals surface area contributed by atoms with E-state index in [1.165, 1.54) is 12.1 Å². The van der Waals surface area contributed by atoms with E-state index in [0.29, 0.717) is 6.54 Å². The van der Waals surface area contributed by atoms with Gasteiger partial charge in [-0.3, -0.25) is 4.98 Å². The fourth-order valence-electron chi connectivity index (χ4n) is 2.26. The fourth-order valence-corrected chi connectivity index (χ4v) is 2.26. The number of nitrogens with one attached hydrogen (secondary N) is 1. The Morgan fingerprint density at radius 1 is 1.19 bits per heavy atom. The van der Waals surface area contributed by atoms with Crippen molar-refractivity contribution in [1.29, 1.82) is 5.26 Å². The highest BCUT2D eigenvalue weighted by Crippen LogP contribution is 2.20. The van der Waals surface area contributed by atoms with Crippen molar-refractivity contribution >= 4 is 16.5 Å². The minimum atomic E-state index is -0.501. The highest BCUT2D eigenvalue weighted by molar-refractivity contribution is 5.84. The van der Waals surface area contributed by atoms with Crippen LogP contribution in [0.4, 0.5) is 10.1 Å². The molecular formula is C17H12FN3. The molecule has 102 valence electrons. The summed E-state index contributed by atoms with van der Waals surface area (Å²) >= 11 is 0. The lowest BCUT2D eigenvalue weighted by atomic mass is 10.1. The van der Waals surface area contributed by atoms with Crippen LogP contribution in [0.2, 0.25) is 0 Å². The fraction of sp³-hybridized carbons (Fsp3) is 0.0588. The number of pyridine rings is 1. The van der Waals surface area contributed by atoms with E-state index in [-0.39, 0.29) is 5.56 Å². The van der Waals surface area contributed by atoms with Crippen molar-refractivity contribution in [2.75, 3.05) is 5.32 Å². The van der Waals surface area contributed by atoms with E-state index in [4.69, 9.17) is 5.26 Å². The van der Waals surface area contributed by atoms with E-state index in [1.54, 1.807) is 12.3 Å². The summed E-state index contributed by atoms with van der Waals surface area (Å²) in [5.41, 5.74) is 1.89. The lowest BCUT2D eigenvalue weighted by Crippen LogP contribution is -2.01. The van der Waals surface area contributed by atoms with E-state index in [1.807, 2.05) is 36.5 Å². The van der Waals surface area contributed by atoms with Gasteiger partial charge in [0.15, 0.2) is 0 Å². The van der Waals surface area contributed by atoms with Gasteiger partial charge < -0.3 is 5.32 Å². The Morgan fingerprint density at radius 2 is 2.10 bits per heavy atom. The number of nitriles is 1. The van der Waals surface area contributed by atoms with E-state index >= 15 is 0 Å². The van der Waals surface area contributed by atoms with Gasteiger partial charge >= 0.3 is 0 Å². The molecule has 0 fully saturated rings. The maximum atomic E-state index is 13.3. The Labute approximate surface area is 121 Å². The molecule has 0 aliphatic carbocycles. The van der Waals surface area contributed by atoms with E-state index in [0.717, 1.165) is 22.0 Å². The van der Waals surface area contributed by atoms with Crippen molar-refractivity contribution in [2.24, 2.45) is 0 Å². The molecule has 3 rings (SSSR count). The standard InChI is InChI=1S/C17H12FN3/c18-17-5-4-15(8-14(17)9-19)21-11-13-3-1-2-12-10-20-7-6-16(12)13/h1-8,10,21H,11H2. The van der Waals surface area contributed by atoms with Crippen LogP contribution in [-0.2, 0) is 6.54 Å². The van der Waals surface area contributed by atoms with Crippen molar-refractivity contribution in [3.05, 3.63) is 71.8 Å². The third-order valence-electron chi connectivity index (χ3n) is 3.34. The highest BCUT2D eigenvalue weighted by Gasteiger charge is 2.04. The molecule has 0 bridgehead atoms. The van der Waals surface area contributed by atoms with Crippen LogP contribution in [0.3, 0.4) is 0 Å². The molecular weight excluding hydrogens is 265 g/mol.